The van der Waals surface area contributed by atoms with E-state index in [1.54, 1.807) is 0 Å². The third-order valence-corrected chi connectivity index (χ3v) is 7.49. The standard InChI is InChI=1S/C33H48N2/c1-2-3-4-5-6-7-8-9-10-11-12-19-24-33(35-26-25-34-29-35)32(27-30-20-15-13-16-21-30)28-31-22-17-14-18-23-31/h13-18,20-23,25-26,29,32-33H,2-12,19,24,27-28H2,1H3. The van der Waals surface area contributed by atoms with Gasteiger partial charge in [0.25, 0.3) is 0 Å². The summed E-state index contributed by atoms with van der Waals surface area (Å²) in [6.07, 6.45) is 26.4. The molecule has 0 saturated heterocycles. The minimum atomic E-state index is 0.487. The van der Waals surface area contributed by atoms with Gasteiger partial charge in [-0.05, 0) is 36.3 Å². The molecule has 2 heteroatoms. The summed E-state index contributed by atoms with van der Waals surface area (Å²) in [7, 11) is 0. The Morgan fingerprint density at radius 2 is 1.11 bits per heavy atom. The van der Waals surface area contributed by atoms with Gasteiger partial charge < -0.3 is 4.57 Å². The molecule has 0 N–H and O–H groups in total. The van der Waals surface area contributed by atoms with Crippen LogP contribution in [0.3, 0.4) is 0 Å². The zero-order chi connectivity index (χ0) is 24.4. The van der Waals surface area contributed by atoms with Gasteiger partial charge in [-0.15, -0.1) is 0 Å². The van der Waals surface area contributed by atoms with Gasteiger partial charge in [-0.3, -0.25) is 0 Å². The summed E-state index contributed by atoms with van der Waals surface area (Å²) in [4.78, 5) is 4.41. The van der Waals surface area contributed by atoms with Crippen LogP contribution in [0.1, 0.15) is 108 Å². The number of nitrogens with zero attached hydrogens (tertiary/aromatic N) is 2. The van der Waals surface area contributed by atoms with E-state index in [-0.39, 0.29) is 0 Å². The molecule has 1 heterocycles. The molecule has 1 atom stereocenters. The van der Waals surface area contributed by atoms with Gasteiger partial charge in [0.05, 0.1) is 6.33 Å². The van der Waals surface area contributed by atoms with Crippen molar-refractivity contribution in [2.45, 2.75) is 109 Å². The monoisotopic (exact) mass is 472 g/mol. The highest BCUT2D eigenvalue weighted by molar-refractivity contribution is 5.19. The molecular weight excluding hydrogens is 424 g/mol. The molecule has 0 radical (unpaired) electrons. The van der Waals surface area contributed by atoms with Gasteiger partial charge in [0.1, 0.15) is 0 Å². The Kier molecular flexibility index (Phi) is 13.3. The van der Waals surface area contributed by atoms with Crippen LogP contribution in [-0.2, 0) is 12.8 Å². The van der Waals surface area contributed by atoms with Crippen molar-refractivity contribution in [1.82, 2.24) is 9.55 Å². The van der Waals surface area contributed by atoms with Crippen molar-refractivity contribution < 1.29 is 0 Å². The zero-order valence-electron chi connectivity index (χ0n) is 22.2. The smallest absolute Gasteiger partial charge is 0.0948 e. The summed E-state index contributed by atoms with van der Waals surface area (Å²) in [5, 5.41) is 0. The number of aromatic nitrogens is 2. The van der Waals surface area contributed by atoms with E-state index in [0.717, 1.165) is 12.8 Å². The summed E-state index contributed by atoms with van der Waals surface area (Å²) >= 11 is 0. The maximum Gasteiger partial charge on any atom is 0.0948 e. The molecule has 0 bridgehead atoms. The van der Waals surface area contributed by atoms with Crippen LogP contribution in [0.2, 0.25) is 0 Å². The number of unbranched alkanes of at least 4 members (excludes halogenated alkanes) is 11. The Balaban J connectivity index is 1.48. The normalized spacial score (nSPS) is 12.3. The SMILES string of the molecule is CCCCCCCCCCCCCCC(C(Cc1ccccc1)Cc1ccccc1)n1ccnc1. The number of benzene rings is 2. The lowest BCUT2D eigenvalue weighted by molar-refractivity contribution is 0.295. The molecule has 3 aromatic rings. The zero-order valence-corrected chi connectivity index (χ0v) is 22.2. The molecule has 1 aromatic heterocycles. The highest BCUT2D eigenvalue weighted by Crippen LogP contribution is 2.31. The molecule has 2 aromatic carbocycles. The van der Waals surface area contributed by atoms with Gasteiger partial charge in [0.15, 0.2) is 0 Å². The summed E-state index contributed by atoms with van der Waals surface area (Å²) in [5.74, 6) is 0.557. The van der Waals surface area contributed by atoms with Gasteiger partial charge in [0, 0.05) is 18.4 Å². The summed E-state index contributed by atoms with van der Waals surface area (Å²) in [6, 6.07) is 22.6. The molecule has 35 heavy (non-hydrogen) atoms. The quantitative estimate of drug-likeness (QED) is 0.159. The van der Waals surface area contributed by atoms with Gasteiger partial charge in [-0.1, -0.05) is 145 Å². The van der Waals surface area contributed by atoms with Crippen LogP contribution in [0.15, 0.2) is 79.4 Å². The van der Waals surface area contributed by atoms with Crippen molar-refractivity contribution in [3.8, 4) is 0 Å². The highest BCUT2D eigenvalue weighted by atomic mass is 15.1. The predicted molar refractivity (Wildman–Crippen MR) is 151 cm³/mol. The van der Waals surface area contributed by atoms with Gasteiger partial charge in [-0.2, -0.15) is 0 Å². The Morgan fingerprint density at radius 3 is 1.57 bits per heavy atom. The second kappa shape index (κ2) is 17.1. The van der Waals surface area contributed by atoms with Crippen molar-refractivity contribution >= 4 is 0 Å². The number of hydrogen-bond donors (Lipinski definition) is 0. The lowest BCUT2D eigenvalue weighted by Crippen LogP contribution is -2.23. The lowest BCUT2D eigenvalue weighted by Gasteiger charge is -2.29. The van der Waals surface area contributed by atoms with Gasteiger partial charge in [0.2, 0.25) is 0 Å². The van der Waals surface area contributed by atoms with Crippen LogP contribution >= 0.6 is 0 Å². The molecule has 0 aliphatic carbocycles. The van der Waals surface area contributed by atoms with Crippen LogP contribution in [-0.4, -0.2) is 9.55 Å². The Labute approximate surface area is 215 Å². The molecule has 2 nitrogen and oxygen atoms in total. The Hall–Kier alpha value is -2.35. The largest absolute Gasteiger partial charge is 0.334 e. The van der Waals surface area contributed by atoms with E-state index >= 15 is 0 Å². The van der Waals surface area contributed by atoms with E-state index in [1.807, 2.05) is 12.5 Å². The molecule has 0 amide bonds. The average molecular weight is 473 g/mol. The van der Waals surface area contributed by atoms with Crippen LogP contribution in [0.4, 0.5) is 0 Å². The van der Waals surface area contributed by atoms with Crippen molar-refractivity contribution in [2.75, 3.05) is 0 Å². The van der Waals surface area contributed by atoms with Crippen LogP contribution in [0, 0.1) is 5.92 Å². The molecular formula is C33H48N2. The first-order valence-electron chi connectivity index (χ1n) is 14.4. The first kappa shape index (κ1) is 27.2. The summed E-state index contributed by atoms with van der Waals surface area (Å²) in [6.45, 7) is 2.30. The second-order valence-corrected chi connectivity index (χ2v) is 10.4. The van der Waals surface area contributed by atoms with E-state index in [9.17, 15) is 0 Å². The number of imidazole rings is 1. The lowest BCUT2D eigenvalue weighted by atomic mass is 9.84. The van der Waals surface area contributed by atoms with Crippen LogP contribution in [0.5, 0.6) is 0 Å². The topological polar surface area (TPSA) is 17.8 Å². The predicted octanol–water partition coefficient (Wildman–Crippen LogP) is 9.62. The molecule has 0 aliphatic heterocycles. The van der Waals surface area contributed by atoms with Crippen molar-refractivity contribution in [2.24, 2.45) is 5.92 Å². The van der Waals surface area contributed by atoms with E-state index < -0.39 is 0 Å². The molecule has 3 rings (SSSR count). The van der Waals surface area contributed by atoms with Crippen molar-refractivity contribution in [3.63, 3.8) is 0 Å². The maximum atomic E-state index is 4.41. The first-order chi connectivity index (χ1) is 17.4. The Morgan fingerprint density at radius 1 is 0.629 bits per heavy atom. The third kappa shape index (κ3) is 10.8. The summed E-state index contributed by atoms with van der Waals surface area (Å²) < 4.78 is 2.38. The fourth-order valence-corrected chi connectivity index (χ4v) is 5.47. The molecule has 0 aliphatic rings. The van der Waals surface area contributed by atoms with E-state index in [0.29, 0.717) is 12.0 Å². The minimum absolute atomic E-state index is 0.487. The average Bonchev–Trinajstić information content (AvgIpc) is 3.42. The third-order valence-electron chi connectivity index (χ3n) is 7.49. The Bertz CT molecular complexity index is 815. The van der Waals surface area contributed by atoms with E-state index in [1.165, 1.54) is 94.6 Å². The molecule has 0 saturated carbocycles. The molecule has 0 fully saturated rings. The minimum Gasteiger partial charge on any atom is -0.334 e. The molecule has 0 spiro atoms. The maximum absolute atomic E-state index is 4.41. The summed E-state index contributed by atoms with van der Waals surface area (Å²) in [5.41, 5.74) is 2.88. The van der Waals surface area contributed by atoms with E-state index in [4.69, 9.17) is 0 Å². The fourth-order valence-electron chi connectivity index (χ4n) is 5.47. The van der Waals surface area contributed by atoms with Crippen LogP contribution in [0.25, 0.3) is 0 Å². The first-order valence-corrected chi connectivity index (χ1v) is 14.4. The van der Waals surface area contributed by atoms with Crippen LogP contribution < -0.4 is 0 Å². The van der Waals surface area contributed by atoms with Crippen molar-refractivity contribution in [1.29, 1.82) is 0 Å². The number of hydrogen-bond acceptors (Lipinski definition) is 1. The van der Waals surface area contributed by atoms with Gasteiger partial charge >= 0.3 is 0 Å². The molecule has 1 unspecified atom stereocenters. The second-order valence-electron chi connectivity index (χ2n) is 10.4. The fraction of sp³-hybridized carbons (Fsp3) is 0.545. The molecule has 190 valence electrons. The highest BCUT2D eigenvalue weighted by Gasteiger charge is 2.23. The van der Waals surface area contributed by atoms with Crippen molar-refractivity contribution in [3.05, 3.63) is 90.5 Å². The van der Waals surface area contributed by atoms with Gasteiger partial charge in [-0.25, -0.2) is 4.98 Å². The van der Waals surface area contributed by atoms with E-state index in [2.05, 4.69) is 83.3 Å². The number of rotatable bonds is 19.